The van der Waals surface area contributed by atoms with Gasteiger partial charge in [-0.1, -0.05) is 17.5 Å². The van der Waals surface area contributed by atoms with E-state index in [2.05, 4.69) is 26.8 Å². The summed E-state index contributed by atoms with van der Waals surface area (Å²) in [6.07, 6.45) is 5.26. The summed E-state index contributed by atoms with van der Waals surface area (Å²) in [5.41, 5.74) is 1.42. The van der Waals surface area contributed by atoms with Crippen LogP contribution in [-0.2, 0) is 0 Å². The Kier molecular flexibility index (Phi) is 4.51. The number of rotatable bonds is 2. The Hall–Kier alpha value is -2.90. The SMILES string of the molecule is Cc1nccc(C#Cc2cc(Cl)cc(Oc3ccc[nH+]c3)c2)n1. The summed E-state index contributed by atoms with van der Waals surface area (Å²) >= 11 is 6.14. The standard InChI is InChI=1S/C18H12ClN3O/c1-13-21-8-6-16(22-13)5-4-14-9-15(19)11-18(10-14)23-17-3-2-7-20-12-17/h2-3,6-12H,1H3/p+1. The first-order valence-electron chi connectivity index (χ1n) is 6.95. The van der Waals surface area contributed by atoms with Crippen molar-refractivity contribution in [3.05, 3.63) is 77.1 Å². The van der Waals surface area contributed by atoms with Crippen molar-refractivity contribution >= 4 is 11.6 Å². The zero-order valence-corrected chi connectivity index (χ0v) is 13.1. The van der Waals surface area contributed by atoms with Gasteiger partial charge < -0.3 is 4.74 Å². The Morgan fingerprint density at radius 3 is 2.83 bits per heavy atom. The number of benzene rings is 1. The van der Waals surface area contributed by atoms with E-state index in [0.717, 1.165) is 5.56 Å². The molecule has 3 rings (SSSR count). The van der Waals surface area contributed by atoms with Crippen molar-refractivity contribution in [3.63, 3.8) is 0 Å². The third-order valence-corrected chi connectivity index (χ3v) is 3.11. The van der Waals surface area contributed by atoms with Crippen molar-refractivity contribution in [3.8, 4) is 23.3 Å². The smallest absolute Gasteiger partial charge is 0.210 e. The number of aryl methyl sites for hydroxylation is 1. The monoisotopic (exact) mass is 322 g/mol. The van der Waals surface area contributed by atoms with E-state index in [1.807, 2.05) is 31.3 Å². The summed E-state index contributed by atoms with van der Waals surface area (Å²) in [5, 5.41) is 0.561. The molecule has 0 saturated carbocycles. The first-order chi connectivity index (χ1) is 11.2. The molecule has 0 unspecified atom stereocenters. The zero-order chi connectivity index (χ0) is 16.1. The molecule has 1 N–H and O–H groups in total. The minimum atomic E-state index is 0.561. The summed E-state index contributed by atoms with van der Waals surface area (Å²) in [6.45, 7) is 1.83. The lowest BCUT2D eigenvalue weighted by molar-refractivity contribution is -0.378. The van der Waals surface area contributed by atoms with Crippen molar-refractivity contribution in [1.29, 1.82) is 0 Å². The molecule has 23 heavy (non-hydrogen) atoms. The molecule has 0 amide bonds. The van der Waals surface area contributed by atoms with E-state index in [1.165, 1.54) is 0 Å². The van der Waals surface area contributed by atoms with Crippen LogP contribution < -0.4 is 9.72 Å². The van der Waals surface area contributed by atoms with Crippen LogP contribution in [-0.4, -0.2) is 9.97 Å². The van der Waals surface area contributed by atoms with Gasteiger partial charge in [0.15, 0.2) is 11.9 Å². The second-order valence-electron chi connectivity index (χ2n) is 4.76. The minimum absolute atomic E-state index is 0.561. The summed E-state index contributed by atoms with van der Waals surface area (Å²) in [4.78, 5) is 11.3. The van der Waals surface area contributed by atoms with Gasteiger partial charge in [0, 0.05) is 22.8 Å². The molecule has 1 aromatic carbocycles. The highest BCUT2D eigenvalue weighted by atomic mass is 35.5. The Morgan fingerprint density at radius 1 is 1.13 bits per heavy atom. The van der Waals surface area contributed by atoms with Crippen molar-refractivity contribution in [2.75, 3.05) is 0 Å². The minimum Gasteiger partial charge on any atom is -0.451 e. The number of aromatic nitrogens is 3. The van der Waals surface area contributed by atoms with Crippen LogP contribution in [0, 0.1) is 18.8 Å². The average Bonchev–Trinajstić information content (AvgIpc) is 2.53. The van der Waals surface area contributed by atoms with Crippen LogP contribution in [0.5, 0.6) is 11.5 Å². The Morgan fingerprint density at radius 2 is 2.04 bits per heavy atom. The molecule has 4 nitrogen and oxygen atoms in total. The van der Waals surface area contributed by atoms with Crippen molar-refractivity contribution in [2.45, 2.75) is 6.92 Å². The molecule has 0 aliphatic carbocycles. The fraction of sp³-hybridized carbons (Fsp3) is 0.0556. The second-order valence-corrected chi connectivity index (χ2v) is 5.19. The maximum atomic E-state index is 6.14. The third-order valence-electron chi connectivity index (χ3n) is 2.90. The van der Waals surface area contributed by atoms with E-state index < -0.39 is 0 Å². The summed E-state index contributed by atoms with van der Waals surface area (Å²) in [6, 6.07) is 10.8. The van der Waals surface area contributed by atoms with Gasteiger partial charge in [-0.3, -0.25) is 0 Å². The average molecular weight is 323 g/mol. The highest BCUT2D eigenvalue weighted by Crippen LogP contribution is 2.25. The van der Waals surface area contributed by atoms with Crippen molar-refractivity contribution in [1.82, 2.24) is 9.97 Å². The third kappa shape index (κ3) is 4.29. The van der Waals surface area contributed by atoms with E-state index in [4.69, 9.17) is 16.3 Å². The fourth-order valence-corrected chi connectivity index (χ4v) is 2.16. The lowest BCUT2D eigenvalue weighted by Crippen LogP contribution is -1.98. The van der Waals surface area contributed by atoms with Gasteiger partial charge in [0.05, 0.1) is 0 Å². The molecule has 3 aromatic rings. The predicted octanol–water partition coefficient (Wildman–Crippen LogP) is 3.44. The Balaban J connectivity index is 1.86. The molecule has 0 spiro atoms. The number of nitrogens with one attached hydrogen (secondary N) is 1. The van der Waals surface area contributed by atoms with Gasteiger partial charge in [0.1, 0.15) is 17.3 Å². The van der Waals surface area contributed by atoms with Gasteiger partial charge in [-0.25, -0.2) is 15.0 Å². The fourth-order valence-electron chi connectivity index (χ4n) is 1.93. The van der Waals surface area contributed by atoms with Crippen molar-refractivity contribution in [2.24, 2.45) is 0 Å². The molecular formula is C18H13ClN3O+. The highest BCUT2D eigenvalue weighted by molar-refractivity contribution is 6.30. The molecule has 5 heteroatoms. The molecule has 2 aromatic heterocycles. The largest absolute Gasteiger partial charge is 0.451 e. The van der Waals surface area contributed by atoms with E-state index in [9.17, 15) is 0 Å². The van der Waals surface area contributed by atoms with Gasteiger partial charge in [-0.15, -0.1) is 0 Å². The molecule has 112 valence electrons. The van der Waals surface area contributed by atoms with Gasteiger partial charge in [0.2, 0.25) is 6.20 Å². The first-order valence-corrected chi connectivity index (χ1v) is 7.33. The first kappa shape index (κ1) is 15.0. The number of H-pyrrole nitrogens is 1. The molecule has 0 aliphatic rings. The second kappa shape index (κ2) is 6.91. The predicted molar refractivity (Wildman–Crippen MR) is 87.3 cm³/mol. The summed E-state index contributed by atoms with van der Waals surface area (Å²) in [5.74, 6) is 8.05. The van der Waals surface area contributed by atoms with Gasteiger partial charge in [-0.2, -0.15) is 0 Å². The number of hydrogen-bond acceptors (Lipinski definition) is 3. The van der Waals surface area contributed by atoms with Crippen LogP contribution in [0.25, 0.3) is 0 Å². The molecule has 2 heterocycles. The maximum Gasteiger partial charge on any atom is 0.210 e. The highest BCUT2D eigenvalue weighted by Gasteiger charge is 2.03. The number of halogens is 1. The molecule has 0 aliphatic heterocycles. The summed E-state index contributed by atoms with van der Waals surface area (Å²) < 4.78 is 5.76. The number of hydrogen-bond donors (Lipinski definition) is 0. The number of pyridine rings is 1. The molecule has 0 radical (unpaired) electrons. The van der Waals surface area contributed by atoms with E-state index >= 15 is 0 Å². The zero-order valence-electron chi connectivity index (χ0n) is 12.4. The number of aromatic amines is 1. The summed E-state index contributed by atoms with van der Waals surface area (Å²) in [7, 11) is 0. The quantitative estimate of drug-likeness (QED) is 0.679. The van der Waals surface area contributed by atoms with Crippen LogP contribution in [0.15, 0.2) is 55.0 Å². The lowest BCUT2D eigenvalue weighted by Gasteiger charge is -2.04. The molecular weight excluding hydrogens is 310 g/mol. The van der Waals surface area contributed by atoms with Gasteiger partial charge in [0.25, 0.3) is 0 Å². The van der Waals surface area contributed by atoms with Crippen molar-refractivity contribution < 1.29 is 9.72 Å². The van der Waals surface area contributed by atoms with E-state index in [0.29, 0.717) is 28.0 Å². The van der Waals surface area contributed by atoms with Crippen LogP contribution in [0.4, 0.5) is 0 Å². The lowest BCUT2D eigenvalue weighted by atomic mass is 10.2. The topological polar surface area (TPSA) is 49.2 Å². The van der Waals surface area contributed by atoms with Crippen LogP contribution in [0.3, 0.4) is 0 Å². The van der Waals surface area contributed by atoms with Gasteiger partial charge in [-0.05, 0) is 43.2 Å². The van der Waals surface area contributed by atoms with Crippen LogP contribution in [0.1, 0.15) is 17.1 Å². The normalized spacial score (nSPS) is 9.83. The van der Waals surface area contributed by atoms with Crippen LogP contribution in [0.2, 0.25) is 5.02 Å². The Labute approximate surface area is 139 Å². The van der Waals surface area contributed by atoms with Crippen LogP contribution >= 0.6 is 11.6 Å². The molecule has 0 fully saturated rings. The van der Waals surface area contributed by atoms with E-state index in [1.54, 1.807) is 30.6 Å². The van der Waals surface area contributed by atoms with Gasteiger partial charge >= 0.3 is 0 Å². The number of ether oxygens (including phenoxy) is 1. The maximum absolute atomic E-state index is 6.14. The molecule has 0 atom stereocenters. The molecule has 0 saturated heterocycles. The number of nitrogens with zero attached hydrogens (tertiary/aromatic N) is 2. The van der Waals surface area contributed by atoms with E-state index in [-0.39, 0.29) is 0 Å². The Bertz CT molecular complexity index is 886. The molecule has 0 bridgehead atoms.